The second-order valence-corrected chi connectivity index (χ2v) is 5.47. The molecule has 3 rings (SSSR count). The molecular formula is C12H16ClN7O. The van der Waals surface area contributed by atoms with Crippen LogP contribution in [0.5, 0.6) is 0 Å². The predicted octanol–water partition coefficient (Wildman–Crippen LogP) is 0.368. The fourth-order valence-corrected chi connectivity index (χ4v) is 2.74. The van der Waals surface area contributed by atoms with Crippen LogP contribution in [0.2, 0.25) is 5.28 Å². The van der Waals surface area contributed by atoms with Gasteiger partial charge < -0.3 is 11.1 Å². The van der Waals surface area contributed by atoms with Crippen LogP contribution in [0, 0.1) is 0 Å². The van der Waals surface area contributed by atoms with E-state index in [0.29, 0.717) is 18.0 Å². The van der Waals surface area contributed by atoms with Gasteiger partial charge in [-0.25, -0.2) is 0 Å². The molecule has 2 aromatic rings. The van der Waals surface area contributed by atoms with Crippen molar-refractivity contribution in [2.24, 2.45) is 5.73 Å². The number of hydrogen-bond acceptors (Lipinski definition) is 6. The molecule has 0 unspecified atom stereocenters. The lowest BCUT2D eigenvalue weighted by atomic mass is 10.0. The fraction of sp³-hybridized carbons (Fsp3) is 0.500. The van der Waals surface area contributed by atoms with Crippen molar-refractivity contribution >= 4 is 34.4 Å². The number of hydrogen-bond donors (Lipinski definition) is 3. The zero-order valence-corrected chi connectivity index (χ0v) is 12.1. The Balaban J connectivity index is 1.67. The average Bonchev–Trinajstić information content (AvgIpc) is 2.88. The van der Waals surface area contributed by atoms with Gasteiger partial charge in [0.2, 0.25) is 11.2 Å². The first-order valence-corrected chi connectivity index (χ1v) is 7.13. The van der Waals surface area contributed by atoms with Gasteiger partial charge in [0.05, 0.1) is 18.1 Å². The first-order valence-electron chi connectivity index (χ1n) is 6.75. The number of nitrogens with zero attached hydrogens (tertiary/aromatic N) is 4. The normalized spacial score (nSPS) is 17.2. The number of aromatic amines is 1. The summed E-state index contributed by atoms with van der Waals surface area (Å²) in [5.41, 5.74) is 5.82. The van der Waals surface area contributed by atoms with E-state index in [9.17, 15) is 4.79 Å². The Morgan fingerprint density at radius 3 is 2.95 bits per heavy atom. The van der Waals surface area contributed by atoms with E-state index >= 15 is 0 Å². The molecule has 112 valence electrons. The van der Waals surface area contributed by atoms with E-state index in [1.165, 1.54) is 0 Å². The molecule has 8 nitrogen and oxygen atoms in total. The average molecular weight is 310 g/mol. The van der Waals surface area contributed by atoms with Gasteiger partial charge in [0.25, 0.3) is 0 Å². The molecule has 0 aliphatic carbocycles. The smallest absolute Gasteiger partial charge is 0.231 e. The van der Waals surface area contributed by atoms with Crippen LogP contribution in [0.15, 0.2) is 6.20 Å². The summed E-state index contributed by atoms with van der Waals surface area (Å²) in [6.45, 7) is 1.97. The lowest BCUT2D eigenvalue weighted by molar-refractivity contribution is -0.119. The number of likely N-dealkylation sites (tertiary alicyclic amines) is 1. The summed E-state index contributed by atoms with van der Waals surface area (Å²) in [5, 5.41) is 11.1. The van der Waals surface area contributed by atoms with Crippen LogP contribution in [-0.2, 0) is 4.79 Å². The molecule has 1 fully saturated rings. The fourth-order valence-electron chi connectivity index (χ4n) is 2.57. The molecule has 0 radical (unpaired) electrons. The summed E-state index contributed by atoms with van der Waals surface area (Å²) in [5.74, 6) is 0.399. The van der Waals surface area contributed by atoms with E-state index in [4.69, 9.17) is 17.3 Å². The van der Waals surface area contributed by atoms with Gasteiger partial charge in [-0.2, -0.15) is 15.1 Å². The molecule has 21 heavy (non-hydrogen) atoms. The molecule has 1 saturated heterocycles. The lowest BCUT2D eigenvalue weighted by Gasteiger charge is -2.31. The number of nitrogens with two attached hydrogens (primary N) is 1. The lowest BCUT2D eigenvalue weighted by Crippen LogP contribution is -2.43. The van der Waals surface area contributed by atoms with Crippen LogP contribution in [0.25, 0.3) is 11.0 Å². The van der Waals surface area contributed by atoms with Crippen molar-refractivity contribution in [1.29, 1.82) is 0 Å². The minimum Gasteiger partial charge on any atom is -0.369 e. The van der Waals surface area contributed by atoms with Gasteiger partial charge in [-0.05, 0) is 24.4 Å². The molecule has 1 aliphatic rings. The van der Waals surface area contributed by atoms with Gasteiger partial charge in [-0.1, -0.05) is 0 Å². The number of anilines is 1. The quantitative estimate of drug-likeness (QED) is 0.703. The van der Waals surface area contributed by atoms with Gasteiger partial charge >= 0.3 is 0 Å². The number of amides is 1. The Labute approximate surface area is 126 Å². The standard InChI is InChI=1S/C12H16ClN7O/c13-12-17-10(8-5-15-19-11(8)18-12)16-7-1-3-20(4-2-7)6-9(14)21/h5,7H,1-4,6H2,(H2,14,21)(H2,15,16,17,18,19). The maximum Gasteiger partial charge on any atom is 0.231 e. The number of rotatable bonds is 4. The molecular weight excluding hydrogens is 294 g/mol. The molecule has 2 aromatic heterocycles. The predicted molar refractivity (Wildman–Crippen MR) is 79.0 cm³/mol. The Kier molecular flexibility index (Phi) is 3.89. The highest BCUT2D eigenvalue weighted by molar-refractivity contribution is 6.28. The Morgan fingerprint density at radius 1 is 1.48 bits per heavy atom. The minimum absolute atomic E-state index is 0.181. The van der Waals surface area contributed by atoms with Gasteiger partial charge in [0.1, 0.15) is 5.82 Å². The van der Waals surface area contributed by atoms with E-state index in [1.54, 1.807) is 6.20 Å². The number of aromatic nitrogens is 4. The second-order valence-electron chi connectivity index (χ2n) is 5.13. The Hall–Kier alpha value is -1.93. The third-order valence-electron chi connectivity index (χ3n) is 3.59. The van der Waals surface area contributed by atoms with Crippen molar-refractivity contribution in [3.05, 3.63) is 11.5 Å². The first-order chi connectivity index (χ1) is 10.1. The monoisotopic (exact) mass is 309 g/mol. The zero-order chi connectivity index (χ0) is 14.8. The topological polar surface area (TPSA) is 113 Å². The Morgan fingerprint density at radius 2 is 2.24 bits per heavy atom. The molecule has 0 saturated carbocycles. The molecule has 0 bridgehead atoms. The van der Waals surface area contributed by atoms with Gasteiger partial charge in [0, 0.05) is 19.1 Å². The van der Waals surface area contributed by atoms with Crippen molar-refractivity contribution in [1.82, 2.24) is 25.1 Å². The van der Waals surface area contributed by atoms with Crippen LogP contribution in [0.1, 0.15) is 12.8 Å². The zero-order valence-electron chi connectivity index (χ0n) is 11.3. The SMILES string of the molecule is NC(=O)CN1CCC(Nc2nc(Cl)nc3[nH]ncc23)CC1. The summed E-state index contributed by atoms with van der Waals surface area (Å²) < 4.78 is 0. The molecule has 1 aliphatic heterocycles. The van der Waals surface area contributed by atoms with Gasteiger partial charge in [-0.15, -0.1) is 0 Å². The molecule has 9 heteroatoms. The second kappa shape index (κ2) is 5.82. The number of primary amides is 1. The van der Waals surface area contributed by atoms with E-state index in [-0.39, 0.29) is 17.2 Å². The van der Waals surface area contributed by atoms with Crippen molar-refractivity contribution < 1.29 is 4.79 Å². The third kappa shape index (κ3) is 3.22. The van der Waals surface area contributed by atoms with Crippen molar-refractivity contribution in [2.45, 2.75) is 18.9 Å². The number of nitrogens with one attached hydrogen (secondary N) is 2. The van der Waals surface area contributed by atoms with E-state index in [2.05, 4.69) is 30.4 Å². The molecule has 1 amide bonds. The maximum absolute atomic E-state index is 10.9. The van der Waals surface area contributed by atoms with E-state index < -0.39 is 0 Å². The molecule has 0 atom stereocenters. The van der Waals surface area contributed by atoms with Gasteiger partial charge in [-0.3, -0.25) is 14.8 Å². The number of carbonyl (C=O) groups excluding carboxylic acids is 1. The van der Waals surface area contributed by atoms with Crippen LogP contribution in [-0.4, -0.2) is 56.6 Å². The van der Waals surface area contributed by atoms with Crippen LogP contribution in [0.3, 0.4) is 0 Å². The van der Waals surface area contributed by atoms with Crippen LogP contribution < -0.4 is 11.1 Å². The number of fused-ring (bicyclic) bond motifs is 1. The number of piperidine rings is 1. The van der Waals surface area contributed by atoms with E-state index in [1.807, 2.05) is 0 Å². The van der Waals surface area contributed by atoms with Crippen molar-refractivity contribution in [3.63, 3.8) is 0 Å². The van der Waals surface area contributed by atoms with Gasteiger partial charge in [0.15, 0.2) is 5.65 Å². The number of halogens is 1. The van der Waals surface area contributed by atoms with Crippen molar-refractivity contribution in [3.8, 4) is 0 Å². The summed E-state index contributed by atoms with van der Waals surface area (Å²) in [6, 6.07) is 0.276. The largest absolute Gasteiger partial charge is 0.369 e. The number of H-pyrrole nitrogens is 1. The first kappa shape index (κ1) is 14.0. The molecule has 4 N–H and O–H groups in total. The highest BCUT2D eigenvalue weighted by atomic mass is 35.5. The highest BCUT2D eigenvalue weighted by Crippen LogP contribution is 2.23. The summed E-state index contributed by atoms with van der Waals surface area (Å²) in [6.07, 6.45) is 3.50. The molecule has 0 aromatic carbocycles. The molecule has 3 heterocycles. The minimum atomic E-state index is -0.288. The van der Waals surface area contributed by atoms with Crippen LogP contribution in [0.4, 0.5) is 5.82 Å². The maximum atomic E-state index is 10.9. The molecule has 0 spiro atoms. The number of carbonyl (C=O) groups is 1. The summed E-state index contributed by atoms with van der Waals surface area (Å²) in [7, 11) is 0. The van der Waals surface area contributed by atoms with Crippen molar-refractivity contribution in [2.75, 3.05) is 25.0 Å². The summed E-state index contributed by atoms with van der Waals surface area (Å²) >= 11 is 5.91. The van der Waals surface area contributed by atoms with E-state index in [0.717, 1.165) is 31.3 Å². The highest BCUT2D eigenvalue weighted by Gasteiger charge is 2.21. The van der Waals surface area contributed by atoms with Crippen LogP contribution >= 0.6 is 11.6 Å². The third-order valence-corrected chi connectivity index (χ3v) is 3.76. The Bertz CT molecular complexity index is 650. The summed E-state index contributed by atoms with van der Waals surface area (Å²) in [4.78, 5) is 21.3.